The fraction of sp³-hybridized carbons (Fsp3) is 1.00. The third kappa shape index (κ3) is 1.27. The van der Waals surface area contributed by atoms with Gasteiger partial charge in [0, 0.05) is 32.2 Å². The van der Waals surface area contributed by atoms with Crippen LogP contribution in [0.4, 0.5) is 8.78 Å². The lowest BCUT2D eigenvalue weighted by Gasteiger charge is -2.23. The van der Waals surface area contributed by atoms with Crippen LogP contribution in [0.25, 0.3) is 0 Å². The molecule has 82 valence electrons. The predicted octanol–water partition coefficient (Wildman–Crippen LogP) is 1.07. The van der Waals surface area contributed by atoms with E-state index in [1.807, 2.05) is 18.7 Å². The van der Waals surface area contributed by atoms with Gasteiger partial charge >= 0.3 is 0 Å². The molecule has 0 aromatic heterocycles. The topological polar surface area (TPSA) is 6.48 Å². The quantitative estimate of drug-likeness (QED) is 0.630. The number of alkyl halides is 2. The second-order valence-electron chi connectivity index (χ2n) is 5.10. The van der Waals surface area contributed by atoms with Gasteiger partial charge in [-0.25, -0.2) is 8.78 Å². The van der Waals surface area contributed by atoms with E-state index in [0.29, 0.717) is 0 Å². The Kier molecular flexibility index (Phi) is 2.13. The van der Waals surface area contributed by atoms with Crippen LogP contribution in [0.15, 0.2) is 0 Å². The maximum atomic E-state index is 14.3. The average molecular weight is 204 g/mol. The van der Waals surface area contributed by atoms with Gasteiger partial charge in [0.15, 0.2) is 11.3 Å². The molecule has 2 fully saturated rings. The van der Waals surface area contributed by atoms with Gasteiger partial charge in [0.2, 0.25) is 0 Å². The summed E-state index contributed by atoms with van der Waals surface area (Å²) >= 11 is 0. The molecule has 0 bridgehead atoms. The van der Waals surface area contributed by atoms with E-state index in [1.54, 1.807) is 11.9 Å². The summed E-state index contributed by atoms with van der Waals surface area (Å²) in [7, 11) is 1.78. The molecule has 0 aromatic carbocycles. The van der Waals surface area contributed by atoms with Gasteiger partial charge in [-0.1, -0.05) is 0 Å². The zero-order valence-corrected chi connectivity index (χ0v) is 9.06. The number of nitrogens with zero attached hydrogens (tertiary/aromatic N) is 2. The van der Waals surface area contributed by atoms with Crippen LogP contribution in [-0.4, -0.2) is 60.4 Å². The zero-order valence-electron chi connectivity index (χ0n) is 9.06. The van der Waals surface area contributed by atoms with E-state index in [-0.39, 0.29) is 32.2 Å². The molecule has 2 rings (SSSR count). The van der Waals surface area contributed by atoms with Gasteiger partial charge in [-0.3, -0.25) is 9.80 Å². The summed E-state index contributed by atoms with van der Waals surface area (Å²) in [6, 6.07) is 0.228. The first-order valence-corrected chi connectivity index (χ1v) is 5.17. The van der Waals surface area contributed by atoms with Crippen molar-refractivity contribution in [3.63, 3.8) is 0 Å². The van der Waals surface area contributed by atoms with Crippen LogP contribution in [0.1, 0.15) is 13.8 Å². The molecule has 2 aliphatic heterocycles. The Morgan fingerprint density at radius 2 is 1.43 bits per heavy atom. The molecule has 0 aromatic rings. The lowest BCUT2D eigenvalue weighted by molar-refractivity contribution is 0.0491. The van der Waals surface area contributed by atoms with E-state index in [1.165, 1.54) is 0 Å². The molecular formula is C10H18F2N2. The van der Waals surface area contributed by atoms with Crippen LogP contribution in [0.2, 0.25) is 0 Å². The average Bonchev–Trinajstić information content (AvgIpc) is 2.33. The molecule has 2 atom stereocenters. The first-order chi connectivity index (χ1) is 6.36. The normalized spacial score (nSPS) is 45.0. The lowest BCUT2D eigenvalue weighted by atomic mass is 9.94. The van der Waals surface area contributed by atoms with Gasteiger partial charge in [-0.05, 0) is 20.9 Å². The molecular weight excluding hydrogens is 186 g/mol. The van der Waals surface area contributed by atoms with Crippen molar-refractivity contribution in [2.75, 3.05) is 33.2 Å². The Morgan fingerprint density at radius 1 is 1.00 bits per heavy atom. The number of halogens is 2. The third-order valence-electron chi connectivity index (χ3n) is 3.48. The van der Waals surface area contributed by atoms with Crippen LogP contribution >= 0.6 is 0 Å². The second kappa shape index (κ2) is 2.89. The monoisotopic (exact) mass is 204 g/mol. The molecule has 0 N–H and O–H groups in total. The van der Waals surface area contributed by atoms with Crippen LogP contribution in [0.5, 0.6) is 0 Å². The van der Waals surface area contributed by atoms with Crippen molar-refractivity contribution in [2.24, 2.45) is 0 Å². The summed E-state index contributed by atoms with van der Waals surface area (Å²) in [5.41, 5.74) is -3.29. The molecule has 2 nitrogen and oxygen atoms in total. The van der Waals surface area contributed by atoms with Gasteiger partial charge in [-0.15, -0.1) is 0 Å². The minimum Gasteiger partial charge on any atom is -0.300 e. The molecule has 2 aliphatic rings. The maximum absolute atomic E-state index is 14.3. The van der Waals surface area contributed by atoms with Crippen LogP contribution in [0.3, 0.4) is 0 Å². The summed E-state index contributed by atoms with van der Waals surface area (Å²) in [6.45, 7) is 4.91. The van der Waals surface area contributed by atoms with Crippen molar-refractivity contribution in [3.8, 4) is 0 Å². The molecule has 0 saturated carbocycles. The number of likely N-dealkylation sites (tertiary alicyclic amines) is 2. The molecule has 0 spiro atoms. The third-order valence-corrected chi connectivity index (χ3v) is 3.48. The SMILES string of the molecule is CC(C)N1C[C@]2(F)CN(C)C[C@]2(F)C1. The Morgan fingerprint density at radius 3 is 1.79 bits per heavy atom. The Balaban J connectivity index is 2.19. The molecule has 4 heteroatoms. The molecule has 14 heavy (non-hydrogen) atoms. The highest BCUT2D eigenvalue weighted by atomic mass is 19.2. The highest BCUT2D eigenvalue weighted by Crippen LogP contribution is 2.44. The Bertz CT molecular complexity index is 226. The Hall–Kier alpha value is -0.220. The van der Waals surface area contributed by atoms with Gasteiger partial charge in [-0.2, -0.15) is 0 Å². The lowest BCUT2D eigenvalue weighted by Crippen LogP contribution is -2.44. The molecule has 2 heterocycles. The van der Waals surface area contributed by atoms with E-state index >= 15 is 0 Å². The first-order valence-electron chi connectivity index (χ1n) is 5.17. The van der Waals surface area contributed by atoms with Crippen molar-refractivity contribution in [1.82, 2.24) is 9.80 Å². The van der Waals surface area contributed by atoms with Crippen molar-refractivity contribution in [2.45, 2.75) is 31.2 Å². The highest BCUT2D eigenvalue weighted by Gasteiger charge is 2.64. The van der Waals surface area contributed by atoms with Crippen molar-refractivity contribution in [3.05, 3.63) is 0 Å². The second-order valence-corrected chi connectivity index (χ2v) is 5.10. The van der Waals surface area contributed by atoms with E-state index in [2.05, 4.69) is 0 Å². The minimum absolute atomic E-state index is 0.228. The standard InChI is InChI=1S/C10H18F2N2/c1-8(2)14-6-9(11)4-13(3)5-10(9,12)7-14/h8H,4-7H2,1-3H3/t9-,10+. The van der Waals surface area contributed by atoms with E-state index in [4.69, 9.17) is 0 Å². The summed E-state index contributed by atoms with van der Waals surface area (Å²) in [5.74, 6) is 0. The maximum Gasteiger partial charge on any atom is 0.172 e. The minimum atomic E-state index is -1.65. The summed E-state index contributed by atoms with van der Waals surface area (Å²) in [6.07, 6.45) is 0. The van der Waals surface area contributed by atoms with Crippen LogP contribution < -0.4 is 0 Å². The fourth-order valence-corrected chi connectivity index (χ4v) is 2.64. The van der Waals surface area contributed by atoms with E-state index in [9.17, 15) is 8.78 Å². The first kappa shape index (κ1) is 10.3. The van der Waals surface area contributed by atoms with Crippen molar-refractivity contribution >= 4 is 0 Å². The van der Waals surface area contributed by atoms with Crippen molar-refractivity contribution in [1.29, 1.82) is 0 Å². The molecule has 0 unspecified atom stereocenters. The summed E-state index contributed by atoms with van der Waals surface area (Å²) in [4.78, 5) is 3.64. The Labute approximate surface area is 83.9 Å². The van der Waals surface area contributed by atoms with Gasteiger partial charge < -0.3 is 0 Å². The molecule has 0 amide bonds. The van der Waals surface area contributed by atoms with E-state index in [0.717, 1.165) is 0 Å². The van der Waals surface area contributed by atoms with Crippen molar-refractivity contribution < 1.29 is 8.78 Å². The van der Waals surface area contributed by atoms with Crippen LogP contribution in [0, 0.1) is 0 Å². The zero-order chi connectivity index (χ0) is 10.6. The highest BCUT2D eigenvalue weighted by molar-refractivity contribution is 5.17. The largest absolute Gasteiger partial charge is 0.300 e. The predicted molar refractivity (Wildman–Crippen MR) is 51.9 cm³/mol. The van der Waals surface area contributed by atoms with E-state index < -0.39 is 11.3 Å². The fourth-order valence-electron chi connectivity index (χ4n) is 2.64. The summed E-state index contributed by atoms with van der Waals surface area (Å²) < 4.78 is 28.6. The number of hydrogen-bond donors (Lipinski definition) is 0. The number of hydrogen-bond acceptors (Lipinski definition) is 2. The number of fused-ring (bicyclic) bond motifs is 1. The summed E-state index contributed by atoms with van der Waals surface area (Å²) in [5, 5.41) is 0. The number of rotatable bonds is 1. The molecule has 0 radical (unpaired) electrons. The molecule has 0 aliphatic carbocycles. The van der Waals surface area contributed by atoms with Gasteiger partial charge in [0.25, 0.3) is 0 Å². The van der Waals surface area contributed by atoms with Gasteiger partial charge in [0.05, 0.1) is 0 Å². The smallest absolute Gasteiger partial charge is 0.172 e. The van der Waals surface area contributed by atoms with Gasteiger partial charge in [0.1, 0.15) is 0 Å². The van der Waals surface area contributed by atoms with Crippen LogP contribution in [-0.2, 0) is 0 Å². The molecule has 2 saturated heterocycles.